The quantitative estimate of drug-likeness (QED) is 0.847. The van der Waals surface area contributed by atoms with Gasteiger partial charge in [-0.3, -0.25) is 4.79 Å². The Bertz CT molecular complexity index is 432. The van der Waals surface area contributed by atoms with Crippen molar-refractivity contribution in [1.82, 2.24) is 10.2 Å². The van der Waals surface area contributed by atoms with Crippen molar-refractivity contribution < 1.29 is 9.21 Å². The Balaban J connectivity index is 0.00000120. The summed E-state index contributed by atoms with van der Waals surface area (Å²) in [5.74, 6) is 1.49. The number of halogens is 1. The van der Waals surface area contributed by atoms with E-state index in [4.69, 9.17) is 4.42 Å². The highest BCUT2D eigenvalue weighted by Gasteiger charge is 2.34. The maximum atomic E-state index is 12.3. The number of hydrogen-bond acceptors (Lipinski definition) is 3. The summed E-state index contributed by atoms with van der Waals surface area (Å²) in [7, 11) is 0. The van der Waals surface area contributed by atoms with Crippen LogP contribution in [0.3, 0.4) is 0 Å². The van der Waals surface area contributed by atoms with E-state index in [1.807, 2.05) is 11.8 Å². The first-order valence-electron chi connectivity index (χ1n) is 6.32. The molecule has 2 saturated heterocycles. The summed E-state index contributed by atoms with van der Waals surface area (Å²) in [4.78, 5) is 14.3. The van der Waals surface area contributed by atoms with Gasteiger partial charge in [-0.2, -0.15) is 0 Å². The molecule has 0 spiro atoms. The molecule has 1 N–H and O–H groups in total. The monoisotopic (exact) mass is 270 g/mol. The van der Waals surface area contributed by atoms with Gasteiger partial charge in [0.15, 0.2) is 0 Å². The second kappa shape index (κ2) is 5.33. The van der Waals surface area contributed by atoms with Gasteiger partial charge in [0.05, 0.1) is 11.8 Å². The van der Waals surface area contributed by atoms with Crippen molar-refractivity contribution in [1.29, 1.82) is 0 Å². The fourth-order valence-electron chi connectivity index (χ4n) is 3.01. The van der Waals surface area contributed by atoms with Gasteiger partial charge in [-0.05, 0) is 38.3 Å². The van der Waals surface area contributed by atoms with Crippen molar-refractivity contribution >= 4 is 18.3 Å². The Hall–Kier alpha value is -1.00. The summed E-state index contributed by atoms with van der Waals surface area (Å²) in [6, 6.07) is 2.40. The van der Waals surface area contributed by atoms with E-state index in [1.54, 1.807) is 12.3 Å². The zero-order chi connectivity index (χ0) is 11.8. The summed E-state index contributed by atoms with van der Waals surface area (Å²) in [6.07, 6.45) is 3.86. The van der Waals surface area contributed by atoms with Gasteiger partial charge in [0, 0.05) is 19.1 Å². The average Bonchev–Trinajstić information content (AvgIpc) is 2.95. The molecule has 2 fully saturated rings. The molecule has 1 aromatic heterocycles. The molecule has 2 atom stereocenters. The topological polar surface area (TPSA) is 45.5 Å². The number of furan rings is 1. The predicted molar refractivity (Wildman–Crippen MR) is 71.1 cm³/mol. The van der Waals surface area contributed by atoms with Gasteiger partial charge in [-0.15, -0.1) is 12.4 Å². The van der Waals surface area contributed by atoms with Gasteiger partial charge in [-0.1, -0.05) is 0 Å². The minimum Gasteiger partial charge on any atom is -0.469 e. The van der Waals surface area contributed by atoms with Gasteiger partial charge in [-0.25, -0.2) is 0 Å². The van der Waals surface area contributed by atoms with Crippen LogP contribution in [-0.4, -0.2) is 36.5 Å². The van der Waals surface area contributed by atoms with Crippen LogP contribution in [0, 0.1) is 12.8 Å². The molecule has 18 heavy (non-hydrogen) atoms. The van der Waals surface area contributed by atoms with Crippen LogP contribution in [0.15, 0.2) is 16.7 Å². The second-order valence-corrected chi connectivity index (χ2v) is 5.04. The lowest BCUT2D eigenvalue weighted by atomic mass is 9.93. The van der Waals surface area contributed by atoms with Crippen molar-refractivity contribution in [3.8, 4) is 0 Å². The zero-order valence-electron chi connectivity index (χ0n) is 10.5. The van der Waals surface area contributed by atoms with Crippen molar-refractivity contribution in [2.75, 3.05) is 19.6 Å². The fourth-order valence-corrected chi connectivity index (χ4v) is 3.01. The number of aryl methyl sites for hydroxylation is 1. The number of hydrogen-bond donors (Lipinski definition) is 1. The van der Waals surface area contributed by atoms with Crippen LogP contribution in [0.5, 0.6) is 0 Å². The standard InChI is InChI=1S/C13H18N2O2.ClH/c1-9-11(4-7-17-9)13(16)15-6-3-12-10(8-15)2-5-14-12;/h4,7,10,12,14H,2-3,5-6,8H2,1H3;1H. The Morgan fingerprint density at radius 3 is 3.06 bits per heavy atom. The molecule has 0 bridgehead atoms. The Morgan fingerprint density at radius 1 is 1.50 bits per heavy atom. The van der Waals surface area contributed by atoms with Crippen LogP contribution >= 0.6 is 12.4 Å². The van der Waals surface area contributed by atoms with E-state index in [9.17, 15) is 4.79 Å². The lowest BCUT2D eigenvalue weighted by Gasteiger charge is -2.34. The maximum absolute atomic E-state index is 12.3. The lowest BCUT2D eigenvalue weighted by molar-refractivity contribution is 0.0660. The Labute approximate surface area is 113 Å². The average molecular weight is 271 g/mol. The van der Waals surface area contributed by atoms with Crippen LogP contribution in [0.1, 0.15) is 29.0 Å². The Morgan fingerprint density at radius 2 is 2.33 bits per heavy atom. The normalized spacial score (nSPS) is 26.6. The van der Waals surface area contributed by atoms with Crippen LogP contribution in [0.25, 0.3) is 0 Å². The number of rotatable bonds is 1. The smallest absolute Gasteiger partial charge is 0.257 e. The fraction of sp³-hybridized carbons (Fsp3) is 0.615. The molecule has 0 aliphatic carbocycles. The summed E-state index contributed by atoms with van der Waals surface area (Å²) < 4.78 is 5.20. The molecule has 2 aliphatic heterocycles. The number of nitrogens with one attached hydrogen (secondary N) is 1. The molecule has 3 rings (SSSR count). The number of nitrogens with zero attached hydrogens (tertiary/aromatic N) is 1. The molecule has 0 aromatic carbocycles. The highest BCUT2D eigenvalue weighted by molar-refractivity contribution is 5.95. The van der Waals surface area contributed by atoms with E-state index in [0.29, 0.717) is 12.0 Å². The molecule has 1 amide bonds. The number of piperidine rings is 1. The maximum Gasteiger partial charge on any atom is 0.257 e. The lowest BCUT2D eigenvalue weighted by Crippen LogP contribution is -2.46. The van der Waals surface area contributed by atoms with Crippen LogP contribution in [-0.2, 0) is 0 Å². The molecule has 5 heteroatoms. The van der Waals surface area contributed by atoms with Gasteiger partial charge < -0.3 is 14.6 Å². The number of amides is 1. The van der Waals surface area contributed by atoms with Crippen LogP contribution < -0.4 is 5.32 Å². The first-order chi connectivity index (χ1) is 8.25. The molecule has 1 aromatic rings. The third-order valence-corrected chi connectivity index (χ3v) is 4.03. The van der Waals surface area contributed by atoms with E-state index in [0.717, 1.165) is 37.4 Å². The number of carbonyl (C=O) groups excluding carboxylic acids is 1. The first-order valence-corrected chi connectivity index (χ1v) is 6.32. The predicted octanol–water partition coefficient (Wildman–Crippen LogP) is 1.83. The minimum absolute atomic E-state index is 0. The van der Waals surface area contributed by atoms with Gasteiger partial charge >= 0.3 is 0 Å². The summed E-state index contributed by atoms with van der Waals surface area (Å²) in [5, 5.41) is 3.51. The number of likely N-dealkylation sites (tertiary alicyclic amines) is 1. The zero-order valence-corrected chi connectivity index (χ0v) is 11.3. The second-order valence-electron chi connectivity index (χ2n) is 5.04. The molecular formula is C13H19ClN2O2. The van der Waals surface area contributed by atoms with Crippen LogP contribution in [0.4, 0.5) is 0 Å². The highest BCUT2D eigenvalue weighted by atomic mass is 35.5. The first kappa shape index (κ1) is 13.4. The molecule has 0 radical (unpaired) electrons. The largest absolute Gasteiger partial charge is 0.469 e. The SMILES string of the molecule is Cc1occc1C(=O)N1CCC2NCCC2C1.Cl. The van der Waals surface area contributed by atoms with E-state index >= 15 is 0 Å². The summed E-state index contributed by atoms with van der Waals surface area (Å²) >= 11 is 0. The van der Waals surface area contributed by atoms with E-state index in [2.05, 4.69) is 5.32 Å². The van der Waals surface area contributed by atoms with Crippen molar-refractivity contribution in [3.05, 3.63) is 23.7 Å². The van der Waals surface area contributed by atoms with E-state index in [-0.39, 0.29) is 18.3 Å². The summed E-state index contributed by atoms with van der Waals surface area (Å²) in [6.45, 7) is 4.69. The van der Waals surface area contributed by atoms with Crippen molar-refractivity contribution in [2.24, 2.45) is 5.92 Å². The molecule has 4 nitrogen and oxygen atoms in total. The van der Waals surface area contributed by atoms with Gasteiger partial charge in [0.25, 0.3) is 5.91 Å². The molecule has 0 saturated carbocycles. The molecule has 3 heterocycles. The number of carbonyl (C=O) groups is 1. The Kier molecular flexibility index (Phi) is 3.97. The van der Waals surface area contributed by atoms with E-state index in [1.165, 1.54) is 6.42 Å². The number of fused-ring (bicyclic) bond motifs is 1. The third-order valence-electron chi connectivity index (χ3n) is 4.03. The van der Waals surface area contributed by atoms with Crippen molar-refractivity contribution in [3.63, 3.8) is 0 Å². The van der Waals surface area contributed by atoms with Gasteiger partial charge in [0.1, 0.15) is 5.76 Å². The van der Waals surface area contributed by atoms with Crippen molar-refractivity contribution in [2.45, 2.75) is 25.8 Å². The van der Waals surface area contributed by atoms with Crippen LogP contribution in [0.2, 0.25) is 0 Å². The third kappa shape index (κ3) is 2.27. The summed E-state index contributed by atoms with van der Waals surface area (Å²) in [5.41, 5.74) is 0.717. The molecule has 2 unspecified atom stereocenters. The van der Waals surface area contributed by atoms with Gasteiger partial charge in [0.2, 0.25) is 0 Å². The van der Waals surface area contributed by atoms with E-state index < -0.39 is 0 Å². The molecule has 100 valence electrons. The minimum atomic E-state index is 0. The highest BCUT2D eigenvalue weighted by Crippen LogP contribution is 2.26. The molecular weight excluding hydrogens is 252 g/mol. The molecule has 2 aliphatic rings.